The second-order valence-electron chi connectivity index (χ2n) is 3.83. The molecule has 76 valence electrons. The largest absolute Gasteiger partial charge is 0.490 e. The number of nitrogens with zero attached hydrogens (tertiary/aromatic N) is 1. The lowest BCUT2D eigenvalue weighted by Crippen LogP contribution is -2.05. The van der Waals surface area contributed by atoms with Crippen molar-refractivity contribution >= 4 is 0 Å². The molecule has 0 radical (unpaired) electrons. The third-order valence-corrected chi connectivity index (χ3v) is 2.62. The Morgan fingerprint density at radius 3 is 3.07 bits per heavy atom. The Bertz CT molecular complexity index is 476. The van der Waals surface area contributed by atoms with Gasteiger partial charge in [-0.05, 0) is 30.7 Å². The lowest BCUT2D eigenvalue weighted by atomic mass is 10.1. The minimum absolute atomic E-state index is 0.282. The first-order valence-corrected chi connectivity index (χ1v) is 5.03. The highest BCUT2D eigenvalue weighted by atomic mass is 16.5. The first-order chi connectivity index (χ1) is 7.33. The Labute approximate surface area is 87.7 Å². The number of hydrogen-bond donors (Lipinski definition) is 0. The van der Waals surface area contributed by atoms with Gasteiger partial charge in [0.1, 0.15) is 11.9 Å². The van der Waals surface area contributed by atoms with E-state index in [0.29, 0.717) is 0 Å². The van der Waals surface area contributed by atoms with Gasteiger partial charge in [-0.2, -0.15) is 0 Å². The fraction of sp³-hybridized carbons (Fsp3) is 0.250. The van der Waals surface area contributed by atoms with E-state index in [-0.39, 0.29) is 6.10 Å². The molecule has 3 nitrogen and oxygen atoms in total. The van der Waals surface area contributed by atoms with Crippen molar-refractivity contribution in [3.8, 4) is 17.1 Å². The van der Waals surface area contributed by atoms with E-state index in [1.54, 1.807) is 6.20 Å². The van der Waals surface area contributed by atoms with Gasteiger partial charge in [0.05, 0.1) is 6.20 Å². The van der Waals surface area contributed by atoms with E-state index in [2.05, 4.69) is 18.1 Å². The maximum absolute atomic E-state index is 5.63. The van der Waals surface area contributed by atoms with Crippen LogP contribution in [0.3, 0.4) is 0 Å². The van der Waals surface area contributed by atoms with Crippen LogP contribution in [0.4, 0.5) is 0 Å². The van der Waals surface area contributed by atoms with Gasteiger partial charge in [0, 0.05) is 18.1 Å². The second kappa shape index (κ2) is 3.12. The summed E-state index contributed by atoms with van der Waals surface area (Å²) in [6, 6.07) is 7.97. The highest BCUT2D eigenvalue weighted by Crippen LogP contribution is 2.32. The van der Waals surface area contributed by atoms with Crippen LogP contribution in [0.2, 0.25) is 0 Å². The van der Waals surface area contributed by atoms with Crippen LogP contribution < -0.4 is 4.74 Å². The lowest BCUT2D eigenvalue weighted by molar-refractivity contribution is 0.254. The molecule has 1 aliphatic rings. The van der Waals surface area contributed by atoms with Crippen LogP contribution in [0.15, 0.2) is 35.0 Å². The van der Waals surface area contributed by atoms with E-state index in [9.17, 15) is 0 Å². The molecule has 0 bridgehead atoms. The van der Waals surface area contributed by atoms with Gasteiger partial charge in [-0.25, -0.2) is 0 Å². The third-order valence-electron chi connectivity index (χ3n) is 2.62. The molecular weight excluding hydrogens is 190 g/mol. The molecule has 2 aromatic rings. The zero-order chi connectivity index (χ0) is 10.3. The van der Waals surface area contributed by atoms with Crippen LogP contribution in [0.1, 0.15) is 12.5 Å². The first kappa shape index (κ1) is 8.53. The summed E-state index contributed by atoms with van der Waals surface area (Å²) in [7, 11) is 0. The van der Waals surface area contributed by atoms with E-state index in [1.807, 2.05) is 18.2 Å². The summed E-state index contributed by atoms with van der Waals surface area (Å²) < 4.78 is 10.7. The predicted octanol–water partition coefficient (Wildman–Crippen LogP) is 2.67. The van der Waals surface area contributed by atoms with Gasteiger partial charge >= 0.3 is 0 Å². The molecule has 0 saturated heterocycles. The quantitative estimate of drug-likeness (QED) is 0.711. The summed E-state index contributed by atoms with van der Waals surface area (Å²) in [6.45, 7) is 2.08. The molecule has 1 aromatic heterocycles. The van der Waals surface area contributed by atoms with E-state index in [0.717, 1.165) is 23.5 Å². The number of rotatable bonds is 1. The Kier molecular flexibility index (Phi) is 1.78. The number of ether oxygens (including phenoxy) is 1. The van der Waals surface area contributed by atoms with Gasteiger partial charge in [0.25, 0.3) is 0 Å². The molecule has 1 aromatic carbocycles. The van der Waals surface area contributed by atoms with Gasteiger partial charge in [0.2, 0.25) is 0 Å². The SMILES string of the molecule is C[C@H]1Cc2cc(-c3ccno3)ccc2O1. The van der Waals surface area contributed by atoms with Crippen LogP contribution in [0, 0.1) is 0 Å². The van der Waals surface area contributed by atoms with Gasteiger partial charge < -0.3 is 9.26 Å². The average Bonchev–Trinajstić information content (AvgIpc) is 2.82. The summed E-state index contributed by atoms with van der Waals surface area (Å²) in [5.74, 6) is 1.79. The minimum atomic E-state index is 0.282. The van der Waals surface area contributed by atoms with Crippen LogP contribution >= 0.6 is 0 Å². The molecule has 0 saturated carbocycles. The summed E-state index contributed by atoms with van der Waals surface area (Å²) in [5, 5.41) is 3.70. The monoisotopic (exact) mass is 201 g/mol. The zero-order valence-corrected chi connectivity index (χ0v) is 8.43. The van der Waals surface area contributed by atoms with E-state index in [1.165, 1.54) is 5.56 Å². The maximum Gasteiger partial charge on any atom is 0.166 e. The van der Waals surface area contributed by atoms with Crippen molar-refractivity contribution in [1.29, 1.82) is 0 Å². The molecular formula is C12H11NO2. The molecule has 0 fully saturated rings. The highest BCUT2D eigenvalue weighted by Gasteiger charge is 2.19. The van der Waals surface area contributed by atoms with Crippen LogP contribution in [0.25, 0.3) is 11.3 Å². The lowest BCUT2D eigenvalue weighted by Gasteiger charge is -2.02. The molecule has 0 unspecified atom stereocenters. The molecule has 0 aliphatic carbocycles. The molecule has 1 aliphatic heterocycles. The summed E-state index contributed by atoms with van der Waals surface area (Å²) in [5.41, 5.74) is 2.31. The number of fused-ring (bicyclic) bond motifs is 1. The highest BCUT2D eigenvalue weighted by molar-refractivity contribution is 5.60. The Morgan fingerprint density at radius 2 is 2.27 bits per heavy atom. The fourth-order valence-electron chi connectivity index (χ4n) is 1.94. The van der Waals surface area contributed by atoms with E-state index >= 15 is 0 Å². The number of hydrogen-bond acceptors (Lipinski definition) is 3. The molecule has 0 spiro atoms. The van der Waals surface area contributed by atoms with Crippen LogP contribution in [-0.2, 0) is 6.42 Å². The van der Waals surface area contributed by atoms with E-state index < -0.39 is 0 Å². The second-order valence-corrected chi connectivity index (χ2v) is 3.83. The van der Waals surface area contributed by atoms with Crippen molar-refractivity contribution in [1.82, 2.24) is 5.16 Å². The third kappa shape index (κ3) is 1.40. The Hall–Kier alpha value is -1.77. The summed E-state index contributed by atoms with van der Waals surface area (Å²) >= 11 is 0. The van der Waals surface area contributed by atoms with Crippen LogP contribution in [-0.4, -0.2) is 11.3 Å². The van der Waals surface area contributed by atoms with Crippen molar-refractivity contribution in [2.75, 3.05) is 0 Å². The van der Waals surface area contributed by atoms with Crippen molar-refractivity contribution < 1.29 is 9.26 Å². The predicted molar refractivity (Wildman–Crippen MR) is 55.7 cm³/mol. The zero-order valence-electron chi connectivity index (χ0n) is 8.43. The maximum atomic E-state index is 5.63. The van der Waals surface area contributed by atoms with Gasteiger partial charge in [0.15, 0.2) is 5.76 Å². The first-order valence-electron chi connectivity index (χ1n) is 5.03. The summed E-state index contributed by atoms with van der Waals surface area (Å²) in [4.78, 5) is 0. The molecule has 1 atom stereocenters. The van der Waals surface area contributed by atoms with Gasteiger partial charge in [-0.15, -0.1) is 0 Å². The number of benzene rings is 1. The molecule has 15 heavy (non-hydrogen) atoms. The Morgan fingerprint density at radius 1 is 1.33 bits per heavy atom. The fourth-order valence-corrected chi connectivity index (χ4v) is 1.94. The standard InChI is InChI=1S/C12H11NO2/c1-8-6-10-7-9(2-3-11(10)14-8)12-4-5-13-15-12/h2-5,7-8H,6H2,1H3/t8-/m0/s1. The smallest absolute Gasteiger partial charge is 0.166 e. The molecule has 0 amide bonds. The molecule has 3 rings (SSSR count). The molecule has 3 heteroatoms. The molecule has 0 N–H and O–H groups in total. The Balaban J connectivity index is 2.04. The van der Waals surface area contributed by atoms with Crippen LogP contribution in [0.5, 0.6) is 5.75 Å². The van der Waals surface area contributed by atoms with Crippen molar-refractivity contribution in [3.63, 3.8) is 0 Å². The molecule has 2 heterocycles. The summed E-state index contributed by atoms with van der Waals surface area (Å²) in [6.07, 6.45) is 2.91. The van der Waals surface area contributed by atoms with Gasteiger partial charge in [-0.3, -0.25) is 0 Å². The topological polar surface area (TPSA) is 35.3 Å². The van der Waals surface area contributed by atoms with E-state index in [4.69, 9.17) is 9.26 Å². The van der Waals surface area contributed by atoms with Gasteiger partial charge in [-0.1, -0.05) is 5.16 Å². The number of aromatic nitrogens is 1. The van der Waals surface area contributed by atoms with Crippen molar-refractivity contribution in [2.45, 2.75) is 19.4 Å². The van der Waals surface area contributed by atoms with Crippen molar-refractivity contribution in [3.05, 3.63) is 36.0 Å². The average molecular weight is 201 g/mol. The minimum Gasteiger partial charge on any atom is -0.490 e. The normalized spacial score (nSPS) is 18.6. The van der Waals surface area contributed by atoms with Crippen molar-refractivity contribution in [2.24, 2.45) is 0 Å².